The van der Waals surface area contributed by atoms with Crippen LogP contribution in [0.1, 0.15) is 5.69 Å². The largest absolute Gasteiger partial charge is 0.348 e. The summed E-state index contributed by atoms with van der Waals surface area (Å²) < 4.78 is 0. The summed E-state index contributed by atoms with van der Waals surface area (Å²) in [6.45, 7) is 0. The number of carbonyl (C=O) groups is 1. The lowest BCUT2D eigenvalue weighted by atomic mass is 10.3. The van der Waals surface area contributed by atoms with E-state index >= 15 is 0 Å². The molecule has 2 rings (SSSR count). The summed E-state index contributed by atoms with van der Waals surface area (Å²) in [6.07, 6.45) is 3.44. The van der Waals surface area contributed by atoms with Crippen molar-refractivity contribution in [1.82, 2.24) is 9.97 Å². The van der Waals surface area contributed by atoms with Crippen molar-refractivity contribution in [1.29, 1.82) is 0 Å². The molecule has 4 nitrogen and oxygen atoms in total. The Hall–Kier alpha value is -1.81. The first-order valence-corrected chi connectivity index (χ1v) is 5.14. The van der Waals surface area contributed by atoms with E-state index in [1.807, 2.05) is 0 Å². The Morgan fingerprint density at radius 2 is 2.38 bits per heavy atom. The fraction of sp³-hybridized carbons (Fsp3) is 0.0909. The molecule has 0 atom stereocenters. The Kier molecular flexibility index (Phi) is 3.22. The molecule has 0 unspecified atom stereocenters. The summed E-state index contributed by atoms with van der Waals surface area (Å²) in [5.41, 5.74) is 1.47. The summed E-state index contributed by atoms with van der Waals surface area (Å²) in [5.74, 6) is -0.105. The molecule has 0 fully saturated rings. The molecule has 0 saturated heterocycles. The van der Waals surface area contributed by atoms with Gasteiger partial charge < -0.3 is 10.3 Å². The molecule has 2 N–H and O–H groups in total. The topological polar surface area (TPSA) is 57.8 Å². The van der Waals surface area contributed by atoms with E-state index in [-0.39, 0.29) is 12.3 Å². The van der Waals surface area contributed by atoms with E-state index in [1.54, 1.807) is 36.8 Å². The van der Waals surface area contributed by atoms with Crippen molar-refractivity contribution in [3.63, 3.8) is 0 Å². The van der Waals surface area contributed by atoms with Crippen molar-refractivity contribution in [2.24, 2.45) is 0 Å². The van der Waals surface area contributed by atoms with Gasteiger partial charge in [0.2, 0.25) is 5.91 Å². The first-order chi connectivity index (χ1) is 7.74. The van der Waals surface area contributed by atoms with Gasteiger partial charge in [-0.3, -0.25) is 4.79 Å². The summed E-state index contributed by atoms with van der Waals surface area (Å²) in [4.78, 5) is 18.3. The number of anilines is 1. The third kappa shape index (κ3) is 2.84. The Balaban J connectivity index is 1.97. The van der Waals surface area contributed by atoms with Gasteiger partial charge in [-0.2, -0.15) is 0 Å². The third-order valence-electron chi connectivity index (χ3n) is 2.01. The van der Waals surface area contributed by atoms with E-state index in [9.17, 15) is 4.79 Å². The van der Waals surface area contributed by atoms with Crippen molar-refractivity contribution < 1.29 is 4.79 Å². The molecule has 0 aliphatic rings. The minimum Gasteiger partial charge on any atom is -0.348 e. The van der Waals surface area contributed by atoms with Gasteiger partial charge in [0.1, 0.15) is 0 Å². The summed E-state index contributed by atoms with van der Waals surface area (Å²) in [6, 6.07) is 7.03. The van der Waals surface area contributed by atoms with Gasteiger partial charge in [-0.25, -0.2) is 4.98 Å². The zero-order chi connectivity index (χ0) is 11.4. The summed E-state index contributed by atoms with van der Waals surface area (Å²) >= 11 is 5.80. The molecule has 2 aromatic rings. The first-order valence-electron chi connectivity index (χ1n) is 4.77. The number of aromatic nitrogens is 2. The zero-order valence-electron chi connectivity index (χ0n) is 8.40. The molecule has 1 amide bonds. The van der Waals surface area contributed by atoms with E-state index in [1.165, 1.54) is 0 Å². The molecule has 0 aliphatic carbocycles. The van der Waals surface area contributed by atoms with Crippen LogP contribution in [0.25, 0.3) is 0 Å². The van der Waals surface area contributed by atoms with Crippen molar-refractivity contribution in [2.75, 3.05) is 5.32 Å². The number of H-pyrrole nitrogens is 1. The van der Waals surface area contributed by atoms with Crippen molar-refractivity contribution >= 4 is 23.2 Å². The third-order valence-corrected chi connectivity index (χ3v) is 2.25. The first kappa shape index (κ1) is 10.7. The Morgan fingerprint density at radius 3 is 3.06 bits per heavy atom. The van der Waals surface area contributed by atoms with Crippen LogP contribution >= 0.6 is 11.6 Å². The second-order valence-electron chi connectivity index (χ2n) is 3.31. The van der Waals surface area contributed by atoms with Crippen LogP contribution in [0.4, 0.5) is 5.69 Å². The smallest absolute Gasteiger partial charge is 0.230 e. The van der Waals surface area contributed by atoms with Crippen LogP contribution in [0.15, 0.2) is 36.8 Å². The Labute approximate surface area is 97.7 Å². The monoisotopic (exact) mass is 235 g/mol. The minimum absolute atomic E-state index is 0.105. The summed E-state index contributed by atoms with van der Waals surface area (Å²) in [7, 11) is 0. The van der Waals surface area contributed by atoms with E-state index in [0.29, 0.717) is 10.7 Å². The van der Waals surface area contributed by atoms with E-state index < -0.39 is 0 Å². The fourth-order valence-electron chi connectivity index (χ4n) is 1.33. The highest BCUT2D eigenvalue weighted by Gasteiger charge is 2.04. The highest BCUT2D eigenvalue weighted by atomic mass is 35.5. The minimum atomic E-state index is -0.105. The van der Waals surface area contributed by atoms with Gasteiger partial charge in [-0.15, -0.1) is 0 Å². The molecule has 0 saturated carbocycles. The zero-order valence-corrected chi connectivity index (χ0v) is 9.16. The number of rotatable bonds is 3. The number of hydrogen-bond acceptors (Lipinski definition) is 2. The Morgan fingerprint density at radius 1 is 1.50 bits per heavy atom. The number of halogens is 1. The van der Waals surface area contributed by atoms with Crippen LogP contribution in [0.5, 0.6) is 0 Å². The molecule has 0 spiro atoms. The average molecular weight is 236 g/mol. The number of benzene rings is 1. The molecule has 1 aromatic heterocycles. The maximum atomic E-state index is 11.6. The van der Waals surface area contributed by atoms with Gasteiger partial charge in [0.05, 0.1) is 12.7 Å². The van der Waals surface area contributed by atoms with Crippen LogP contribution in [0, 0.1) is 0 Å². The highest BCUT2D eigenvalue weighted by molar-refractivity contribution is 6.30. The number of nitrogens with zero attached hydrogens (tertiary/aromatic N) is 1. The van der Waals surface area contributed by atoms with Crippen LogP contribution < -0.4 is 5.32 Å². The van der Waals surface area contributed by atoms with Crippen LogP contribution in [0.3, 0.4) is 0 Å². The molecule has 0 radical (unpaired) electrons. The number of nitrogens with one attached hydrogen (secondary N) is 2. The molecule has 0 aliphatic heterocycles. The molecule has 0 bridgehead atoms. The van der Waals surface area contributed by atoms with Crippen molar-refractivity contribution in [3.05, 3.63) is 47.5 Å². The number of hydrogen-bond donors (Lipinski definition) is 2. The van der Waals surface area contributed by atoms with Gasteiger partial charge in [-0.05, 0) is 18.2 Å². The van der Waals surface area contributed by atoms with Gasteiger partial charge in [0.25, 0.3) is 0 Å². The SMILES string of the molecule is O=C(Cc1cnc[nH]1)Nc1cccc(Cl)c1. The van der Waals surface area contributed by atoms with E-state index in [0.717, 1.165) is 5.69 Å². The molecular weight excluding hydrogens is 226 g/mol. The lowest BCUT2D eigenvalue weighted by Gasteiger charge is -2.04. The van der Waals surface area contributed by atoms with Gasteiger partial charge in [0.15, 0.2) is 0 Å². The molecule has 5 heteroatoms. The lowest BCUT2D eigenvalue weighted by molar-refractivity contribution is -0.115. The number of imidazole rings is 1. The second kappa shape index (κ2) is 4.81. The predicted molar refractivity (Wildman–Crippen MR) is 62.4 cm³/mol. The summed E-state index contributed by atoms with van der Waals surface area (Å²) in [5, 5.41) is 3.35. The average Bonchev–Trinajstić information content (AvgIpc) is 2.70. The maximum absolute atomic E-state index is 11.6. The van der Waals surface area contributed by atoms with Gasteiger partial charge in [-0.1, -0.05) is 17.7 Å². The molecular formula is C11H10ClN3O. The maximum Gasteiger partial charge on any atom is 0.230 e. The number of aromatic amines is 1. The standard InChI is InChI=1S/C11H10ClN3O/c12-8-2-1-3-9(4-8)15-11(16)5-10-6-13-7-14-10/h1-4,6-7H,5H2,(H,13,14)(H,15,16). The highest BCUT2D eigenvalue weighted by Crippen LogP contribution is 2.14. The van der Waals surface area contributed by atoms with Crippen molar-refractivity contribution in [2.45, 2.75) is 6.42 Å². The van der Waals surface area contributed by atoms with Gasteiger partial charge in [0, 0.05) is 22.6 Å². The predicted octanol–water partition coefficient (Wildman–Crippen LogP) is 2.24. The van der Waals surface area contributed by atoms with E-state index in [2.05, 4.69) is 15.3 Å². The van der Waals surface area contributed by atoms with Crippen molar-refractivity contribution in [3.8, 4) is 0 Å². The number of carbonyl (C=O) groups excluding carboxylic acids is 1. The Bertz CT molecular complexity index is 482. The quantitative estimate of drug-likeness (QED) is 0.857. The fourth-order valence-corrected chi connectivity index (χ4v) is 1.52. The van der Waals surface area contributed by atoms with E-state index in [4.69, 9.17) is 11.6 Å². The molecule has 16 heavy (non-hydrogen) atoms. The number of amides is 1. The van der Waals surface area contributed by atoms with Gasteiger partial charge >= 0.3 is 0 Å². The molecule has 1 heterocycles. The molecule has 1 aromatic carbocycles. The van der Waals surface area contributed by atoms with Crippen LogP contribution in [-0.2, 0) is 11.2 Å². The normalized spacial score (nSPS) is 10.1. The van der Waals surface area contributed by atoms with Crippen LogP contribution in [-0.4, -0.2) is 15.9 Å². The molecule has 82 valence electrons. The van der Waals surface area contributed by atoms with Crippen LogP contribution in [0.2, 0.25) is 5.02 Å². The lowest BCUT2D eigenvalue weighted by Crippen LogP contribution is -2.14. The second-order valence-corrected chi connectivity index (χ2v) is 3.75.